The molecule has 0 unspecified atom stereocenters. The molecule has 0 radical (unpaired) electrons. The third kappa shape index (κ3) is 3.94. The van der Waals surface area contributed by atoms with Gasteiger partial charge in [0.25, 0.3) is 5.91 Å². The fourth-order valence-corrected chi connectivity index (χ4v) is 3.22. The zero-order valence-corrected chi connectivity index (χ0v) is 13.3. The van der Waals surface area contributed by atoms with Gasteiger partial charge in [0.2, 0.25) is 0 Å². The van der Waals surface area contributed by atoms with Gasteiger partial charge in [-0.05, 0) is 66.3 Å². The number of aliphatic carboxylic acids is 1. The molecule has 1 aromatic carbocycles. The molecule has 0 bridgehead atoms. The second-order valence-electron chi connectivity index (χ2n) is 5.25. The number of amides is 1. The van der Waals surface area contributed by atoms with Gasteiger partial charge >= 0.3 is 5.97 Å². The standard InChI is InChI=1S/C15H18INO3/c16-13-4-2-1-3-12(13)14(18)17-9-10-5-7-11(8-6-10)15(19)20/h1-4,10-11H,5-9H2,(H,17,18)(H,19,20). The highest BCUT2D eigenvalue weighted by molar-refractivity contribution is 14.1. The Kier molecular flexibility index (Phi) is 5.39. The summed E-state index contributed by atoms with van der Waals surface area (Å²) in [7, 11) is 0. The fraction of sp³-hybridized carbons (Fsp3) is 0.467. The minimum absolute atomic E-state index is 0.0460. The van der Waals surface area contributed by atoms with Gasteiger partial charge in [-0.25, -0.2) is 0 Å². The van der Waals surface area contributed by atoms with Gasteiger partial charge in [0.1, 0.15) is 0 Å². The molecule has 0 aliphatic heterocycles. The highest BCUT2D eigenvalue weighted by Crippen LogP contribution is 2.28. The molecule has 0 heterocycles. The Balaban J connectivity index is 1.80. The number of carboxylic acid groups (broad SMARTS) is 1. The number of halogens is 1. The summed E-state index contributed by atoms with van der Waals surface area (Å²) in [6.07, 6.45) is 3.20. The molecular formula is C15H18INO3. The summed E-state index contributed by atoms with van der Waals surface area (Å²) in [6, 6.07) is 7.49. The maximum atomic E-state index is 12.1. The van der Waals surface area contributed by atoms with Gasteiger partial charge in [-0.2, -0.15) is 0 Å². The highest BCUT2D eigenvalue weighted by Gasteiger charge is 2.26. The number of nitrogens with one attached hydrogen (secondary N) is 1. The molecule has 0 spiro atoms. The molecule has 4 nitrogen and oxygen atoms in total. The topological polar surface area (TPSA) is 66.4 Å². The minimum Gasteiger partial charge on any atom is -0.481 e. The van der Waals surface area contributed by atoms with Crippen molar-refractivity contribution in [3.05, 3.63) is 33.4 Å². The maximum Gasteiger partial charge on any atom is 0.306 e. The van der Waals surface area contributed by atoms with Crippen LogP contribution in [0, 0.1) is 15.4 Å². The predicted molar refractivity (Wildman–Crippen MR) is 84.6 cm³/mol. The fourth-order valence-electron chi connectivity index (χ4n) is 2.59. The van der Waals surface area contributed by atoms with E-state index in [-0.39, 0.29) is 11.8 Å². The Morgan fingerprint density at radius 1 is 1.20 bits per heavy atom. The molecule has 0 aromatic heterocycles. The van der Waals surface area contributed by atoms with E-state index in [0.717, 1.165) is 29.3 Å². The number of carboxylic acids is 1. The molecule has 1 amide bonds. The van der Waals surface area contributed by atoms with Crippen LogP contribution in [0.1, 0.15) is 36.0 Å². The molecule has 2 rings (SSSR count). The molecule has 1 saturated carbocycles. The number of carbonyl (C=O) groups is 2. The van der Waals surface area contributed by atoms with Crippen molar-refractivity contribution in [2.24, 2.45) is 11.8 Å². The van der Waals surface area contributed by atoms with E-state index < -0.39 is 5.97 Å². The van der Waals surface area contributed by atoms with Crippen LogP contribution in [0.2, 0.25) is 0 Å². The van der Waals surface area contributed by atoms with Crippen LogP contribution in [-0.4, -0.2) is 23.5 Å². The van der Waals surface area contributed by atoms with E-state index in [1.54, 1.807) is 0 Å². The summed E-state index contributed by atoms with van der Waals surface area (Å²) in [5, 5.41) is 11.9. The first-order chi connectivity index (χ1) is 9.58. The van der Waals surface area contributed by atoms with Gasteiger partial charge in [-0.15, -0.1) is 0 Å². The summed E-state index contributed by atoms with van der Waals surface area (Å²) < 4.78 is 0.942. The molecule has 20 heavy (non-hydrogen) atoms. The summed E-state index contributed by atoms with van der Waals surface area (Å²) >= 11 is 2.15. The van der Waals surface area contributed by atoms with Crippen molar-refractivity contribution in [2.45, 2.75) is 25.7 Å². The van der Waals surface area contributed by atoms with Crippen molar-refractivity contribution >= 4 is 34.5 Å². The summed E-state index contributed by atoms with van der Waals surface area (Å²) in [5.74, 6) is -0.533. The molecule has 1 fully saturated rings. The molecule has 2 N–H and O–H groups in total. The quantitative estimate of drug-likeness (QED) is 0.781. The zero-order valence-electron chi connectivity index (χ0n) is 11.1. The van der Waals surface area contributed by atoms with E-state index in [2.05, 4.69) is 27.9 Å². The smallest absolute Gasteiger partial charge is 0.306 e. The van der Waals surface area contributed by atoms with Crippen molar-refractivity contribution in [3.63, 3.8) is 0 Å². The molecule has 0 atom stereocenters. The maximum absolute atomic E-state index is 12.1. The van der Waals surface area contributed by atoms with Crippen LogP contribution in [0.4, 0.5) is 0 Å². The normalized spacial score (nSPS) is 22.2. The van der Waals surface area contributed by atoms with E-state index in [9.17, 15) is 9.59 Å². The van der Waals surface area contributed by atoms with Gasteiger partial charge in [0, 0.05) is 10.1 Å². The van der Waals surface area contributed by atoms with Crippen LogP contribution in [0.5, 0.6) is 0 Å². The van der Waals surface area contributed by atoms with Gasteiger partial charge < -0.3 is 10.4 Å². The summed E-state index contributed by atoms with van der Waals surface area (Å²) in [5.41, 5.74) is 0.701. The Morgan fingerprint density at radius 2 is 1.85 bits per heavy atom. The van der Waals surface area contributed by atoms with Crippen LogP contribution >= 0.6 is 22.6 Å². The number of carbonyl (C=O) groups excluding carboxylic acids is 1. The SMILES string of the molecule is O=C(NCC1CCC(C(=O)O)CC1)c1ccccc1I. The van der Waals surface area contributed by atoms with Crippen molar-refractivity contribution in [1.29, 1.82) is 0 Å². The first-order valence-corrected chi connectivity index (χ1v) is 7.91. The Morgan fingerprint density at radius 3 is 2.45 bits per heavy atom. The lowest BCUT2D eigenvalue weighted by atomic mass is 9.82. The van der Waals surface area contributed by atoms with Gasteiger partial charge in [0.15, 0.2) is 0 Å². The van der Waals surface area contributed by atoms with Crippen LogP contribution in [0.25, 0.3) is 0 Å². The largest absolute Gasteiger partial charge is 0.481 e. The van der Waals surface area contributed by atoms with E-state index >= 15 is 0 Å². The van der Waals surface area contributed by atoms with Crippen molar-refractivity contribution in [2.75, 3.05) is 6.54 Å². The average Bonchev–Trinajstić information content (AvgIpc) is 2.45. The number of hydrogen-bond acceptors (Lipinski definition) is 2. The van der Waals surface area contributed by atoms with Crippen molar-refractivity contribution in [1.82, 2.24) is 5.32 Å². The lowest BCUT2D eigenvalue weighted by Gasteiger charge is -2.26. The van der Waals surface area contributed by atoms with Crippen LogP contribution < -0.4 is 5.32 Å². The Labute approximate surface area is 132 Å². The molecule has 1 aliphatic carbocycles. The van der Waals surface area contributed by atoms with Crippen molar-refractivity contribution < 1.29 is 14.7 Å². The lowest BCUT2D eigenvalue weighted by Crippen LogP contribution is -2.32. The van der Waals surface area contributed by atoms with E-state index in [4.69, 9.17) is 5.11 Å². The van der Waals surface area contributed by atoms with Gasteiger partial charge in [-0.3, -0.25) is 9.59 Å². The Hall–Kier alpha value is -1.11. The highest BCUT2D eigenvalue weighted by atomic mass is 127. The predicted octanol–water partition coefficient (Wildman–Crippen LogP) is 2.91. The third-order valence-electron chi connectivity index (χ3n) is 3.87. The number of hydrogen-bond donors (Lipinski definition) is 2. The zero-order chi connectivity index (χ0) is 14.5. The first kappa shape index (κ1) is 15.3. The van der Waals surface area contributed by atoms with Gasteiger partial charge in [0.05, 0.1) is 11.5 Å². The second-order valence-corrected chi connectivity index (χ2v) is 6.41. The summed E-state index contributed by atoms with van der Waals surface area (Å²) in [4.78, 5) is 22.9. The lowest BCUT2D eigenvalue weighted by molar-refractivity contribution is -0.143. The molecule has 5 heteroatoms. The first-order valence-electron chi connectivity index (χ1n) is 6.83. The van der Waals surface area contributed by atoms with E-state index in [1.165, 1.54) is 0 Å². The second kappa shape index (κ2) is 7.06. The molecule has 1 aliphatic rings. The molecule has 108 valence electrons. The molecule has 1 aromatic rings. The molecular weight excluding hydrogens is 369 g/mol. The number of rotatable bonds is 4. The molecule has 0 saturated heterocycles. The van der Waals surface area contributed by atoms with E-state index in [1.807, 2.05) is 24.3 Å². The van der Waals surface area contributed by atoms with Crippen LogP contribution in [0.3, 0.4) is 0 Å². The number of benzene rings is 1. The summed E-state index contributed by atoms with van der Waals surface area (Å²) in [6.45, 7) is 0.635. The minimum atomic E-state index is -0.689. The monoisotopic (exact) mass is 387 g/mol. The Bertz CT molecular complexity index is 496. The van der Waals surface area contributed by atoms with Crippen molar-refractivity contribution in [3.8, 4) is 0 Å². The van der Waals surface area contributed by atoms with Gasteiger partial charge in [-0.1, -0.05) is 12.1 Å². The van der Waals surface area contributed by atoms with Crippen LogP contribution in [0.15, 0.2) is 24.3 Å². The van der Waals surface area contributed by atoms with E-state index in [0.29, 0.717) is 18.0 Å². The third-order valence-corrected chi connectivity index (χ3v) is 4.81. The average molecular weight is 387 g/mol. The van der Waals surface area contributed by atoms with Crippen LogP contribution in [-0.2, 0) is 4.79 Å².